The maximum absolute atomic E-state index is 11.9. The van der Waals surface area contributed by atoms with Gasteiger partial charge in [0.2, 0.25) is 5.91 Å². The highest BCUT2D eigenvalue weighted by molar-refractivity contribution is 5.80. The van der Waals surface area contributed by atoms with Gasteiger partial charge in [-0.1, -0.05) is 0 Å². The average molecular weight is 198 g/mol. The van der Waals surface area contributed by atoms with E-state index in [-0.39, 0.29) is 12.0 Å². The van der Waals surface area contributed by atoms with Gasteiger partial charge in [-0.15, -0.1) is 0 Å². The number of nitrogens with zero attached hydrogens (tertiary/aromatic N) is 2. The van der Waals surface area contributed by atoms with Crippen molar-refractivity contribution in [2.75, 3.05) is 39.8 Å². The van der Waals surface area contributed by atoms with Gasteiger partial charge in [0.15, 0.2) is 0 Å². The van der Waals surface area contributed by atoms with E-state index in [1.54, 1.807) is 0 Å². The van der Waals surface area contributed by atoms with Crippen molar-refractivity contribution in [3.63, 3.8) is 0 Å². The van der Waals surface area contributed by atoms with E-state index in [4.69, 9.17) is 4.74 Å². The second-order valence-electron chi connectivity index (χ2n) is 4.38. The Balaban J connectivity index is 1.85. The standard InChI is InChI=1S/C10H18N2O2/c1-8-5-12(3-4-14-8)10(13)9-6-11(2)7-9/h8-9H,3-7H2,1-2H3. The minimum absolute atomic E-state index is 0.200. The van der Waals surface area contributed by atoms with E-state index < -0.39 is 0 Å². The zero-order valence-electron chi connectivity index (χ0n) is 8.90. The molecule has 0 aliphatic carbocycles. The molecule has 0 aromatic carbocycles. The van der Waals surface area contributed by atoms with E-state index in [0.717, 1.165) is 26.2 Å². The Kier molecular flexibility index (Phi) is 2.74. The molecule has 2 aliphatic rings. The number of morpholine rings is 1. The predicted octanol–water partition coefficient (Wildman–Crippen LogP) is -0.205. The molecule has 4 heteroatoms. The van der Waals surface area contributed by atoms with Crippen LogP contribution in [0, 0.1) is 5.92 Å². The van der Waals surface area contributed by atoms with Crippen molar-refractivity contribution in [3.8, 4) is 0 Å². The molecule has 0 bridgehead atoms. The van der Waals surface area contributed by atoms with Crippen molar-refractivity contribution in [2.45, 2.75) is 13.0 Å². The number of ether oxygens (including phenoxy) is 1. The van der Waals surface area contributed by atoms with E-state index in [0.29, 0.717) is 12.5 Å². The molecule has 2 heterocycles. The molecule has 2 rings (SSSR count). The van der Waals surface area contributed by atoms with E-state index in [1.165, 1.54) is 0 Å². The van der Waals surface area contributed by atoms with Crippen molar-refractivity contribution >= 4 is 5.91 Å². The Labute approximate surface area is 84.8 Å². The van der Waals surface area contributed by atoms with Crippen LogP contribution in [-0.4, -0.2) is 61.6 Å². The zero-order valence-corrected chi connectivity index (χ0v) is 8.90. The molecule has 0 aromatic heterocycles. The first-order chi connectivity index (χ1) is 6.66. The number of carbonyl (C=O) groups excluding carboxylic acids is 1. The topological polar surface area (TPSA) is 32.8 Å². The number of hydrogen-bond donors (Lipinski definition) is 0. The zero-order chi connectivity index (χ0) is 10.1. The Morgan fingerprint density at radius 1 is 1.36 bits per heavy atom. The van der Waals surface area contributed by atoms with Crippen LogP contribution in [0.25, 0.3) is 0 Å². The number of rotatable bonds is 1. The minimum atomic E-state index is 0.200. The molecule has 1 atom stereocenters. The number of amides is 1. The summed E-state index contributed by atoms with van der Waals surface area (Å²) in [4.78, 5) is 16.0. The highest BCUT2D eigenvalue weighted by Crippen LogP contribution is 2.17. The van der Waals surface area contributed by atoms with Crippen LogP contribution in [0.5, 0.6) is 0 Å². The van der Waals surface area contributed by atoms with E-state index in [2.05, 4.69) is 4.90 Å². The molecule has 0 N–H and O–H groups in total. The van der Waals surface area contributed by atoms with Crippen LogP contribution in [0.3, 0.4) is 0 Å². The van der Waals surface area contributed by atoms with Crippen LogP contribution in [0.1, 0.15) is 6.92 Å². The normalized spacial score (nSPS) is 30.1. The molecular weight excluding hydrogens is 180 g/mol. The monoisotopic (exact) mass is 198 g/mol. The Morgan fingerprint density at radius 2 is 2.07 bits per heavy atom. The van der Waals surface area contributed by atoms with Crippen molar-refractivity contribution in [3.05, 3.63) is 0 Å². The van der Waals surface area contributed by atoms with Gasteiger partial charge in [0.05, 0.1) is 18.6 Å². The van der Waals surface area contributed by atoms with Crippen LogP contribution in [-0.2, 0) is 9.53 Å². The predicted molar refractivity (Wildman–Crippen MR) is 53.0 cm³/mol. The van der Waals surface area contributed by atoms with Gasteiger partial charge in [0, 0.05) is 26.2 Å². The summed E-state index contributed by atoms with van der Waals surface area (Å²) in [7, 11) is 2.05. The molecule has 0 aromatic rings. The summed E-state index contributed by atoms with van der Waals surface area (Å²) in [5.74, 6) is 0.559. The highest BCUT2D eigenvalue weighted by atomic mass is 16.5. The van der Waals surface area contributed by atoms with Crippen molar-refractivity contribution in [1.82, 2.24) is 9.80 Å². The Morgan fingerprint density at radius 3 is 2.64 bits per heavy atom. The third-order valence-corrected chi connectivity index (χ3v) is 2.97. The lowest BCUT2D eigenvalue weighted by molar-refractivity contribution is -0.147. The summed E-state index contributed by atoms with van der Waals surface area (Å²) < 4.78 is 5.41. The maximum atomic E-state index is 11.9. The van der Waals surface area contributed by atoms with Crippen LogP contribution >= 0.6 is 0 Å². The SMILES string of the molecule is CC1CN(C(=O)C2CN(C)C2)CCO1. The third-order valence-electron chi connectivity index (χ3n) is 2.97. The first kappa shape index (κ1) is 9.93. The summed E-state index contributed by atoms with van der Waals surface area (Å²) in [6, 6.07) is 0. The van der Waals surface area contributed by atoms with Crippen molar-refractivity contribution < 1.29 is 9.53 Å². The molecule has 2 aliphatic heterocycles. The van der Waals surface area contributed by atoms with Gasteiger partial charge in [-0.25, -0.2) is 0 Å². The average Bonchev–Trinajstić information content (AvgIpc) is 2.12. The second kappa shape index (κ2) is 3.87. The first-order valence-electron chi connectivity index (χ1n) is 5.26. The summed E-state index contributed by atoms with van der Waals surface area (Å²) in [5, 5.41) is 0. The van der Waals surface area contributed by atoms with Gasteiger partial charge in [-0.05, 0) is 14.0 Å². The summed E-state index contributed by atoms with van der Waals surface area (Å²) in [5.41, 5.74) is 0. The molecule has 2 fully saturated rings. The minimum Gasteiger partial charge on any atom is -0.375 e. The lowest BCUT2D eigenvalue weighted by Gasteiger charge is -2.40. The summed E-state index contributed by atoms with van der Waals surface area (Å²) in [6.07, 6.45) is 0.200. The second-order valence-corrected chi connectivity index (χ2v) is 4.38. The maximum Gasteiger partial charge on any atom is 0.228 e. The lowest BCUT2D eigenvalue weighted by atomic mass is 9.99. The third kappa shape index (κ3) is 1.91. The van der Waals surface area contributed by atoms with Crippen molar-refractivity contribution in [1.29, 1.82) is 0 Å². The van der Waals surface area contributed by atoms with Gasteiger partial charge in [-0.2, -0.15) is 0 Å². The molecule has 4 nitrogen and oxygen atoms in total. The van der Waals surface area contributed by atoms with Crippen LogP contribution in [0.2, 0.25) is 0 Å². The number of carbonyl (C=O) groups is 1. The molecule has 0 radical (unpaired) electrons. The van der Waals surface area contributed by atoms with Gasteiger partial charge < -0.3 is 14.5 Å². The highest BCUT2D eigenvalue weighted by Gasteiger charge is 2.34. The first-order valence-corrected chi connectivity index (χ1v) is 5.26. The lowest BCUT2D eigenvalue weighted by Crippen LogP contribution is -2.55. The van der Waals surface area contributed by atoms with Crippen LogP contribution < -0.4 is 0 Å². The molecule has 1 unspecified atom stereocenters. The van der Waals surface area contributed by atoms with E-state index in [9.17, 15) is 4.79 Å². The molecule has 14 heavy (non-hydrogen) atoms. The fraction of sp³-hybridized carbons (Fsp3) is 0.900. The molecule has 0 spiro atoms. The fourth-order valence-corrected chi connectivity index (χ4v) is 2.13. The molecule has 80 valence electrons. The summed E-state index contributed by atoms with van der Waals surface area (Å²) in [6.45, 7) is 6.08. The largest absolute Gasteiger partial charge is 0.375 e. The van der Waals surface area contributed by atoms with E-state index >= 15 is 0 Å². The molecule has 2 saturated heterocycles. The van der Waals surface area contributed by atoms with Crippen LogP contribution in [0.4, 0.5) is 0 Å². The summed E-state index contributed by atoms with van der Waals surface area (Å²) >= 11 is 0. The number of hydrogen-bond acceptors (Lipinski definition) is 3. The quantitative estimate of drug-likeness (QED) is 0.585. The molecular formula is C10H18N2O2. The van der Waals surface area contributed by atoms with Crippen LogP contribution in [0.15, 0.2) is 0 Å². The van der Waals surface area contributed by atoms with Gasteiger partial charge in [0.25, 0.3) is 0 Å². The number of likely N-dealkylation sites (tertiary alicyclic amines) is 1. The smallest absolute Gasteiger partial charge is 0.228 e. The Bertz CT molecular complexity index is 226. The molecule has 0 saturated carbocycles. The van der Waals surface area contributed by atoms with Gasteiger partial charge in [-0.3, -0.25) is 4.79 Å². The Hall–Kier alpha value is -0.610. The van der Waals surface area contributed by atoms with Crippen molar-refractivity contribution in [2.24, 2.45) is 5.92 Å². The fourth-order valence-electron chi connectivity index (χ4n) is 2.13. The van der Waals surface area contributed by atoms with Gasteiger partial charge >= 0.3 is 0 Å². The van der Waals surface area contributed by atoms with Gasteiger partial charge in [0.1, 0.15) is 0 Å². The molecule has 1 amide bonds. The van der Waals surface area contributed by atoms with E-state index in [1.807, 2.05) is 18.9 Å².